The molecule has 0 unspecified atom stereocenters. The molecular weight excluding hydrogens is 264 g/mol. The Morgan fingerprint density at radius 1 is 0.500 bits per heavy atom. The van der Waals surface area contributed by atoms with Crippen molar-refractivity contribution in [2.24, 2.45) is 0 Å². The summed E-state index contributed by atoms with van der Waals surface area (Å²) in [5, 5.41) is 5.27. The predicted octanol–water partition coefficient (Wildman–Crippen LogP) is 6.28. The molecule has 0 aliphatic heterocycles. The second-order valence-corrected chi connectivity index (χ2v) is 5.96. The highest BCUT2D eigenvalue weighted by Gasteiger charge is 2.13. The first-order valence-electron chi connectivity index (χ1n) is 7.73. The molecule has 4 rings (SSSR count). The minimum Gasteiger partial charge on any atom is -0.0617 e. The zero-order chi connectivity index (χ0) is 15.1. The molecule has 0 atom stereocenters. The van der Waals surface area contributed by atoms with Crippen LogP contribution in [-0.4, -0.2) is 0 Å². The molecule has 0 N–H and O–H groups in total. The third-order valence-corrected chi connectivity index (χ3v) is 4.50. The molecule has 0 amide bonds. The first kappa shape index (κ1) is 13.1. The van der Waals surface area contributed by atoms with Gasteiger partial charge in [-0.05, 0) is 63.7 Å². The number of hydrogen-bond donors (Lipinski definition) is 0. The highest BCUT2D eigenvalue weighted by atomic mass is 14.2. The van der Waals surface area contributed by atoms with Gasteiger partial charge in [0.2, 0.25) is 0 Å². The largest absolute Gasteiger partial charge is 0.0617 e. The molecular formula is C22H18. The molecule has 0 aromatic heterocycles. The summed E-state index contributed by atoms with van der Waals surface area (Å²) in [6.07, 6.45) is 0. The van der Waals surface area contributed by atoms with Crippen LogP contribution in [0.3, 0.4) is 0 Å². The number of benzene rings is 4. The van der Waals surface area contributed by atoms with Gasteiger partial charge in [-0.3, -0.25) is 0 Å². The third kappa shape index (κ3) is 1.92. The zero-order valence-corrected chi connectivity index (χ0v) is 12.9. The van der Waals surface area contributed by atoms with Gasteiger partial charge in [-0.25, -0.2) is 0 Å². The quantitative estimate of drug-likeness (QED) is 0.360. The number of rotatable bonds is 1. The fourth-order valence-electron chi connectivity index (χ4n) is 3.49. The summed E-state index contributed by atoms with van der Waals surface area (Å²) in [6, 6.07) is 26.2. The van der Waals surface area contributed by atoms with E-state index in [0.717, 1.165) is 0 Å². The lowest BCUT2D eigenvalue weighted by molar-refractivity contribution is 1.39. The van der Waals surface area contributed by atoms with Crippen LogP contribution in [0.15, 0.2) is 72.8 Å². The summed E-state index contributed by atoms with van der Waals surface area (Å²) in [5.74, 6) is 0. The SMILES string of the molecule is Cc1cccc(C)c1-c1c2ccccc2cc2ccccc12. The Balaban J connectivity index is 2.27. The highest BCUT2D eigenvalue weighted by molar-refractivity contribution is 6.13. The van der Waals surface area contributed by atoms with Crippen molar-refractivity contribution in [2.75, 3.05) is 0 Å². The molecule has 0 spiro atoms. The van der Waals surface area contributed by atoms with Crippen molar-refractivity contribution in [2.45, 2.75) is 13.8 Å². The molecule has 0 bridgehead atoms. The zero-order valence-electron chi connectivity index (χ0n) is 12.9. The minimum atomic E-state index is 1.30. The Bertz CT molecular complexity index is 919. The Kier molecular flexibility index (Phi) is 2.97. The highest BCUT2D eigenvalue weighted by Crippen LogP contribution is 2.39. The number of aryl methyl sites for hydroxylation is 2. The van der Waals surface area contributed by atoms with Crippen LogP contribution in [0.1, 0.15) is 11.1 Å². The molecule has 0 nitrogen and oxygen atoms in total. The number of hydrogen-bond acceptors (Lipinski definition) is 0. The Hall–Kier alpha value is -2.60. The molecule has 0 fully saturated rings. The normalized spacial score (nSPS) is 11.2. The second kappa shape index (κ2) is 4.99. The van der Waals surface area contributed by atoms with Gasteiger partial charge in [0.05, 0.1) is 0 Å². The van der Waals surface area contributed by atoms with Crippen molar-refractivity contribution in [3.05, 3.63) is 83.9 Å². The van der Waals surface area contributed by atoms with E-state index in [1.54, 1.807) is 0 Å². The lowest BCUT2D eigenvalue weighted by Gasteiger charge is -2.16. The predicted molar refractivity (Wildman–Crippen MR) is 96.4 cm³/mol. The minimum absolute atomic E-state index is 1.30. The van der Waals surface area contributed by atoms with Crippen LogP contribution in [0.2, 0.25) is 0 Å². The van der Waals surface area contributed by atoms with Crippen LogP contribution in [0, 0.1) is 13.8 Å². The van der Waals surface area contributed by atoms with Crippen molar-refractivity contribution in [1.82, 2.24) is 0 Å². The van der Waals surface area contributed by atoms with E-state index in [9.17, 15) is 0 Å². The summed E-state index contributed by atoms with van der Waals surface area (Å²) in [6.45, 7) is 4.41. The van der Waals surface area contributed by atoms with Crippen LogP contribution < -0.4 is 0 Å². The summed E-state index contributed by atoms with van der Waals surface area (Å²) >= 11 is 0. The van der Waals surface area contributed by atoms with Crippen LogP contribution in [0.4, 0.5) is 0 Å². The van der Waals surface area contributed by atoms with Gasteiger partial charge < -0.3 is 0 Å². The van der Waals surface area contributed by atoms with Gasteiger partial charge in [0.25, 0.3) is 0 Å². The van der Waals surface area contributed by atoms with Gasteiger partial charge in [-0.15, -0.1) is 0 Å². The smallest absolute Gasteiger partial charge is 0.00215 e. The van der Waals surface area contributed by atoms with Gasteiger partial charge in [-0.1, -0.05) is 66.7 Å². The lowest BCUT2D eigenvalue weighted by atomic mass is 9.88. The van der Waals surface area contributed by atoms with Crippen LogP contribution >= 0.6 is 0 Å². The standard InChI is InChI=1S/C22H18/c1-15-8-7-9-16(2)21(15)22-19-12-5-3-10-17(19)14-18-11-4-6-13-20(18)22/h3-14H,1-2H3. The molecule has 0 aliphatic rings. The van der Waals surface area contributed by atoms with Gasteiger partial charge in [0.15, 0.2) is 0 Å². The monoisotopic (exact) mass is 282 g/mol. The van der Waals surface area contributed by atoms with Gasteiger partial charge in [0.1, 0.15) is 0 Å². The van der Waals surface area contributed by atoms with Crippen LogP contribution in [0.25, 0.3) is 32.7 Å². The van der Waals surface area contributed by atoms with E-state index < -0.39 is 0 Å². The van der Waals surface area contributed by atoms with Crippen molar-refractivity contribution in [3.8, 4) is 11.1 Å². The van der Waals surface area contributed by atoms with Gasteiger partial charge in [-0.2, -0.15) is 0 Å². The summed E-state index contributed by atoms with van der Waals surface area (Å²) in [7, 11) is 0. The molecule has 0 saturated carbocycles. The number of fused-ring (bicyclic) bond motifs is 2. The molecule has 4 aromatic carbocycles. The maximum atomic E-state index is 2.29. The maximum absolute atomic E-state index is 2.29. The van der Waals surface area contributed by atoms with E-state index in [1.165, 1.54) is 43.8 Å². The van der Waals surface area contributed by atoms with E-state index in [0.29, 0.717) is 0 Å². The summed E-state index contributed by atoms with van der Waals surface area (Å²) in [5.41, 5.74) is 5.41. The molecule has 0 saturated heterocycles. The fourth-order valence-corrected chi connectivity index (χ4v) is 3.49. The first-order valence-corrected chi connectivity index (χ1v) is 7.73. The van der Waals surface area contributed by atoms with Gasteiger partial charge >= 0.3 is 0 Å². The molecule has 4 aromatic rings. The fraction of sp³-hybridized carbons (Fsp3) is 0.0909. The molecule has 106 valence electrons. The molecule has 0 aliphatic carbocycles. The maximum Gasteiger partial charge on any atom is -0.00215 e. The molecule has 22 heavy (non-hydrogen) atoms. The average molecular weight is 282 g/mol. The van der Waals surface area contributed by atoms with E-state index >= 15 is 0 Å². The van der Waals surface area contributed by atoms with Crippen molar-refractivity contribution >= 4 is 21.5 Å². The molecule has 0 radical (unpaired) electrons. The average Bonchev–Trinajstić information content (AvgIpc) is 2.54. The van der Waals surface area contributed by atoms with Crippen molar-refractivity contribution in [1.29, 1.82) is 0 Å². The lowest BCUT2D eigenvalue weighted by Crippen LogP contribution is -1.91. The third-order valence-electron chi connectivity index (χ3n) is 4.50. The van der Waals surface area contributed by atoms with Crippen molar-refractivity contribution in [3.63, 3.8) is 0 Å². The van der Waals surface area contributed by atoms with Gasteiger partial charge in [0, 0.05) is 0 Å². The summed E-state index contributed by atoms with van der Waals surface area (Å²) < 4.78 is 0. The Labute approximate surface area is 131 Å². The molecule has 0 heteroatoms. The second-order valence-electron chi connectivity index (χ2n) is 5.96. The first-order chi connectivity index (χ1) is 10.8. The van der Waals surface area contributed by atoms with Crippen molar-refractivity contribution < 1.29 is 0 Å². The van der Waals surface area contributed by atoms with Crippen LogP contribution in [-0.2, 0) is 0 Å². The van der Waals surface area contributed by atoms with E-state index in [1.807, 2.05) is 0 Å². The Morgan fingerprint density at radius 3 is 1.55 bits per heavy atom. The molecule has 0 heterocycles. The van der Waals surface area contributed by atoms with E-state index in [2.05, 4.69) is 86.6 Å². The topological polar surface area (TPSA) is 0 Å². The summed E-state index contributed by atoms with van der Waals surface area (Å²) in [4.78, 5) is 0. The van der Waals surface area contributed by atoms with E-state index in [-0.39, 0.29) is 0 Å². The Morgan fingerprint density at radius 2 is 1.00 bits per heavy atom. The van der Waals surface area contributed by atoms with Crippen LogP contribution in [0.5, 0.6) is 0 Å². The van der Waals surface area contributed by atoms with E-state index in [4.69, 9.17) is 0 Å².